The topological polar surface area (TPSA) is 46.9 Å². The third-order valence-electron chi connectivity index (χ3n) is 3.64. The first-order valence-electron chi connectivity index (χ1n) is 7.39. The Bertz CT molecular complexity index is 799. The van der Waals surface area contributed by atoms with Crippen LogP contribution in [-0.2, 0) is 6.54 Å². The minimum atomic E-state index is -0.209. The molecule has 0 saturated carbocycles. The highest BCUT2D eigenvalue weighted by molar-refractivity contribution is 6.30. The molecule has 1 N–H and O–H groups in total. The van der Waals surface area contributed by atoms with Crippen molar-refractivity contribution >= 4 is 29.1 Å². The number of imidazole rings is 1. The van der Waals surface area contributed by atoms with Crippen LogP contribution < -0.4 is 5.32 Å². The maximum Gasteiger partial charge on any atom is 0.251 e. The Hall–Kier alpha value is -2.30. The van der Waals surface area contributed by atoms with E-state index in [0.717, 1.165) is 5.56 Å². The standard InChI is InChI=1S/C18H15Cl2N3O/c19-15-5-1-13(2-6-15)17(11-23-10-9-21-12-23)22-18(24)14-3-7-16(20)8-4-14/h1-10,12,17H,11H2,(H,22,24). The zero-order valence-electron chi connectivity index (χ0n) is 12.7. The van der Waals surface area contributed by atoms with Gasteiger partial charge in [0, 0.05) is 34.5 Å². The molecule has 1 amide bonds. The van der Waals surface area contributed by atoms with Gasteiger partial charge in [-0.3, -0.25) is 4.79 Å². The molecule has 3 rings (SSSR count). The van der Waals surface area contributed by atoms with Crippen LogP contribution in [0, 0.1) is 0 Å². The molecule has 4 nitrogen and oxygen atoms in total. The number of rotatable bonds is 5. The highest BCUT2D eigenvalue weighted by atomic mass is 35.5. The summed E-state index contributed by atoms with van der Waals surface area (Å²) >= 11 is 11.8. The Morgan fingerprint density at radius 2 is 1.67 bits per heavy atom. The third-order valence-corrected chi connectivity index (χ3v) is 4.14. The third kappa shape index (κ3) is 4.16. The van der Waals surface area contributed by atoms with Gasteiger partial charge in [-0.15, -0.1) is 0 Å². The summed E-state index contributed by atoms with van der Waals surface area (Å²) in [5.74, 6) is -0.160. The molecule has 0 aliphatic heterocycles. The van der Waals surface area contributed by atoms with Crippen LogP contribution in [0.3, 0.4) is 0 Å². The van der Waals surface area contributed by atoms with Gasteiger partial charge < -0.3 is 9.88 Å². The Kier molecular flexibility index (Phi) is 5.18. The summed E-state index contributed by atoms with van der Waals surface area (Å²) in [5, 5.41) is 4.31. The summed E-state index contributed by atoms with van der Waals surface area (Å²) in [5.41, 5.74) is 1.53. The van der Waals surface area contributed by atoms with Gasteiger partial charge in [0.1, 0.15) is 0 Å². The number of halogens is 2. The number of benzene rings is 2. The summed E-state index contributed by atoms with van der Waals surface area (Å²) in [6.45, 7) is 0.570. The van der Waals surface area contributed by atoms with Crippen molar-refractivity contribution in [2.75, 3.05) is 0 Å². The molecular weight excluding hydrogens is 345 g/mol. The largest absolute Gasteiger partial charge is 0.343 e. The van der Waals surface area contributed by atoms with Gasteiger partial charge in [0.05, 0.1) is 12.4 Å². The van der Waals surface area contributed by atoms with E-state index in [2.05, 4.69) is 10.3 Å². The highest BCUT2D eigenvalue weighted by Crippen LogP contribution is 2.19. The lowest BCUT2D eigenvalue weighted by Gasteiger charge is -2.20. The molecule has 1 unspecified atom stereocenters. The van der Waals surface area contributed by atoms with E-state index in [1.165, 1.54) is 0 Å². The molecule has 6 heteroatoms. The van der Waals surface area contributed by atoms with Crippen molar-refractivity contribution < 1.29 is 4.79 Å². The number of hydrogen-bond donors (Lipinski definition) is 1. The second kappa shape index (κ2) is 7.51. The molecule has 24 heavy (non-hydrogen) atoms. The molecule has 0 fully saturated rings. The van der Waals surface area contributed by atoms with Gasteiger partial charge >= 0.3 is 0 Å². The van der Waals surface area contributed by atoms with Crippen molar-refractivity contribution in [2.45, 2.75) is 12.6 Å². The number of carbonyl (C=O) groups excluding carboxylic acids is 1. The fourth-order valence-corrected chi connectivity index (χ4v) is 2.63. The molecule has 1 heterocycles. The fraction of sp³-hybridized carbons (Fsp3) is 0.111. The molecule has 1 aromatic heterocycles. The monoisotopic (exact) mass is 359 g/mol. The van der Waals surface area contributed by atoms with Crippen molar-refractivity contribution in [3.05, 3.63) is 88.4 Å². The van der Waals surface area contributed by atoms with Crippen LogP contribution >= 0.6 is 23.2 Å². The average Bonchev–Trinajstić information content (AvgIpc) is 3.08. The van der Waals surface area contributed by atoms with Gasteiger partial charge in [0.25, 0.3) is 5.91 Å². The zero-order chi connectivity index (χ0) is 16.9. The van der Waals surface area contributed by atoms with E-state index >= 15 is 0 Å². The van der Waals surface area contributed by atoms with E-state index in [1.807, 2.05) is 35.0 Å². The number of aromatic nitrogens is 2. The summed E-state index contributed by atoms with van der Waals surface area (Å²) in [6.07, 6.45) is 5.29. The predicted octanol–water partition coefficient (Wildman–Crippen LogP) is 4.36. The van der Waals surface area contributed by atoms with E-state index in [1.54, 1.807) is 36.8 Å². The van der Waals surface area contributed by atoms with Crippen LogP contribution in [0.5, 0.6) is 0 Å². The molecule has 2 aromatic carbocycles. The van der Waals surface area contributed by atoms with Crippen LogP contribution in [-0.4, -0.2) is 15.5 Å². The van der Waals surface area contributed by atoms with Crippen molar-refractivity contribution in [3.63, 3.8) is 0 Å². The van der Waals surface area contributed by atoms with Gasteiger partial charge in [-0.2, -0.15) is 0 Å². The zero-order valence-corrected chi connectivity index (χ0v) is 14.2. The molecule has 1 atom stereocenters. The van der Waals surface area contributed by atoms with E-state index in [4.69, 9.17) is 23.2 Å². The minimum Gasteiger partial charge on any atom is -0.343 e. The smallest absolute Gasteiger partial charge is 0.251 e. The molecule has 0 bridgehead atoms. The molecular formula is C18H15Cl2N3O. The first-order chi connectivity index (χ1) is 11.6. The molecule has 122 valence electrons. The van der Waals surface area contributed by atoms with E-state index in [0.29, 0.717) is 22.2 Å². The summed E-state index contributed by atoms with van der Waals surface area (Å²) in [4.78, 5) is 16.6. The number of nitrogens with one attached hydrogen (secondary N) is 1. The van der Waals surface area contributed by atoms with Crippen LogP contribution in [0.15, 0.2) is 67.3 Å². The Morgan fingerprint density at radius 3 is 2.25 bits per heavy atom. The second-order valence-electron chi connectivity index (χ2n) is 5.34. The van der Waals surface area contributed by atoms with Gasteiger partial charge in [-0.05, 0) is 42.0 Å². The Morgan fingerprint density at radius 1 is 1.04 bits per heavy atom. The molecule has 3 aromatic rings. The maximum absolute atomic E-state index is 12.5. The molecule has 0 saturated heterocycles. The van der Waals surface area contributed by atoms with E-state index in [9.17, 15) is 4.79 Å². The van der Waals surface area contributed by atoms with Crippen LogP contribution in [0.2, 0.25) is 10.0 Å². The van der Waals surface area contributed by atoms with E-state index in [-0.39, 0.29) is 11.9 Å². The maximum atomic E-state index is 12.5. The van der Waals surface area contributed by atoms with Crippen molar-refractivity contribution in [1.82, 2.24) is 14.9 Å². The van der Waals surface area contributed by atoms with Crippen molar-refractivity contribution in [3.8, 4) is 0 Å². The summed E-state index contributed by atoms with van der Waals surface area (Å²) < 4.78 is 1.92. The summed E-state index contributed by atoms with van der Waals surface area (Å²) in [7, 11) is 0. The average molecular weight is 360 g/mol. The Labute approximate surface area is 150 Å². The predicted molar refractivity (Wildman–Crippen MR) is 95.3 cm³/mol. The van der Waals surface area contributed by atoms with E-state index < -0.39 is 0 Å². The lowest BCUT2D eigenvalue weighted by atomic mass is 10.1. The number of carbonyl (C=O) groups is 1. The minimum absolute atomic E-state index is 0.160. The van der Waals surface area contributed by atoms with Crippen LogP contribution in [0.1, 0.15) is 22.0 Å². The van der Waals surface area contributed by atoms with Gasteiger partial charge in [-0.1, -0.05) is 35.3 Å². The fourth-order valence-electron chi connectivity index (χ4n) is 2.38. The molecule has 0 radical (unpaired) electrons. The molecule has 0 aliphatic carbocycles. The van der Waals surface area contributed by atoms with Crippen molar-refractivity contribution in [2.24, 2.45) is 0 Å². The number of amides is 1. The SMILES string of the molecule is O=C(NC(Cn1ccnc1)c1ccc(Cl)cc1)c1ccc(Cl)cc1. The van der Waals surface area contributed by atoms with Gasteiger partial charge in [0.15, 0.2) is 0 Å². The number of nitrogens with zero attached hydrogens (tertiary/aromatic N) is 2. The normalized spacial score (nSPS) is 11.9. The first kappa shape index (κ1) is 16.6. The highest BCUT2D eigenvalue weighted by Gasteiger charge is 2.16. The lowest BCUT2D eigenvalue weighted by molar-refractivity contribution is 0.0932. The molecule has 0 spiro atoms. The number of hydrogen-bond acceptors (Lipinski definition) is 2. The Balaban J connectivity index is 1.82. The quantitative estimate of drug-likeness (QED) is 0.735. The second-order valence-corrected chi connectivity index (χ2v) is 6.22. The van der Waals surface area contributed by atoms with Crippen LogP contribution in [0.4, 0.5) is 0 Å². The van der Waals surface area contributed by atoms with Gasteiger partial charge in [-0.25, -0.2) is 4.98 Å². The van der Waals surface area contributed by atoms with Gasteiger partial charge in [0.2, 0.25) is 0 Å². The lowest BCUT2D eigenvalue weighted by Crippen LogP contribution is -2.31. The first-order valence-corrected chi connectivity index (χ1v) is 8.15. The van der Waals surface area contributed by atoms with Crippen LogP contribution in [0.25, 0.3) is 0 Å². The van der Waals surface area contributed by atoms with Crippen molar-refractivity contribution in [1.29, 1.82) is 0 Å². The molecule has 0 aliphatic rings. The summed E-state index contributed by atoms with van der Waals surface area (Å²) in [6, 6.07) is 14.0.